The molecule has 0 fully saturated rings. The molecule has 0 aliphatic carbocycles. The summed E-state index contributed by atoms with van der Waals surface area (Å²) in [5.74, 6) is 0. The summed E-state index contributed by atoms with van der Waals surface area (Å²) in [6.07, 6.45) is 0. The first-order valence-electron chi connectivity index (χ1n) is 5.80. The van der Waals surface area contributed by atoms with Crippen molar-refractivity contribution in [3.63, 3.8) is 0 Å². The van der Waals surface area contributed by atoms with E-state index in [1.165, 1.54) is 11.3 Å². The molecule has 0 saturated heterocycles. The van der Waals surface area contributed by atoms with Gasteiger partial charge in [0.15, 0.2) is 0 Å². The van der Waals surface area contributed by atoms with E-state index in [1.807, 2.05) is 18.2 Å². The number of halogens is 2. The van der Waals surface area contributed by atoms with Crippen molar-refractivity contribution >= 4 is 33.2 Å². The molecule has 0 saturated carbocycles. The Morgan fingerprint density at radius 3 is 2.28 bits per heavy atom. The normalized spacial score (nSPS) is 10.7. The Labute approximate surface area is 122 Å². The molecule has 0 spiro atoms. The third-order valence-electron chi connectivity index (χ3n) is 2.66. The van der Waals surface area contributed by atoms with Crippen molar-refractivity contribution in [2.75, 3.05) is 45.4 Å². The average molecular weight is 337 g/mol. The summed E-state index contributed by atoms with van der Waals surface area (Å²) >= 11 is 9.52. The van der Waals surface area contributed by atoms with Gasteiger partial charge in [-0.25, -0.2) is 0 Å². The number of hydrogen-bond acceptors (Lipinski definition) is 3. The van der Waals surface area contributed by atoms with Crippen molar-refractivity contribution < 1.29 is 9.47 Å². The van der Waals surface area contributed by atoms with Crippen molar-refractivity contribution in [1.29, 1.82) is 0 Å². The zero-order valence-corrected chi connectivity index (χ0v) is 13.1. The minimum Gasteiger partial charge on any atom is -0.383 e. The molecule has 1 aromatic carbocycles. The molecule has 0 heterocycles. The summed E-state index contributed by atoms with van der Waals surface area (Å²) in [5.41, 5.74) is 2.35. The van der Waals surface area contributed by atoms with Crippen LogP contribution in [0.5, 0.6) is 0 Å². The molecule has 0 N–H and O–H groups in total. The summed E-state index contributed by atoms with van der Waals surface area (Å²) in [5, 5.41) is 1.53. The number of hydrogen-bond donors (Lipinski definition) is 0. The van der Waals surface area contributed by atoms with Crippen LogP contribution in [0.15, 0.2) is 18.2 Å². The Balaban J connectivity index is 2.88. The van der Waals surface area contributed by atoms with Crippen LogP contribution in [0.4, 0.5) is 5.69 Å². The van der Waals surface area contributed by atoms with E-state index in [0.29, 0.717) is 13.2 Å². The van der Waals surface area contributed by atoms with Crippen LogP contribution in [0.3, 0.4) is 0 Å². The second-order valence-corrected chi connectivity index (χ2v) is 4.88. The third-order valence-corrected chi connectivity index (χ3v) is 3.50. The van der Waals surface area contributed by atoms with Crippen molar-refractivity contribution in [1.82, 2.24) is 0 Å². The van der Waals surface area contributed by atoms with Crippen molar-refractivity contribution in [3.8, 4) is 0 Å². The van der Waals surface area contributed by atoms with Crippen LogP contribution in [0.2, 0.25) is 5.02 Å². The number of rotatable bonds is 8. The van der Waals surface area contributed by atoms with Crippen LogP contribution in [-0.2, 0) is 14.8 Å². The molecule has 0 bridgehead atoms. The van der Waals surface area contributed by atoms with Crippen LogP contribution < -0.4 is 4.90 Å². The highest BCUT2D eigenvalue weighted by molar-refractivity contribution is 9.08. The number of anilines is 1. The van der Waals surface area contributed by atoms with Gasteiger partial charge >= 0.3 is 0 Å². The van der Waals surface area contributed by atoms with E-state index in [-0.39, 0.29) is 0 Å². The lowest BCUT2D eigenvalue weighted by Gasteiger charge is -2.26. The van der Waals surface area contributed by atoms with E-state index in [0.717, 1.165) is 23.4 Å². The second-order valence-electron chi connectivity index (χ2n) is 3.88. The van der Waals surface area contributed by atoms with Gasteiger partial charge < -0.3 is 14.4 Å². The molecular formula is C13H19BrClNO2. The standard InChI is InChI=1S/C13H19BrClNO2/c1-17-7-5-16(6-8-18-2)13-4-3-12(15)9-11(13)10-14/h3-4,9H,5-8,10H2,1-2H3. The Kier molecular flexibility index (Phi) is 7.66. The van der Waals surface area contributed by atoms with E-state index >= 15 is 0 Å². The van der Waals surface area contributed by atoms with E-state index in [9.17, 15) is 0 Å². The SMILES string of the molecule is COCCN(CCOC)c1ccc(Cl)cc1CBr. The van der Waals surface area contributed by atoms with Crippen LogP contribution in [-0.4, -0.2) is 40.5 Å². The molecule has 0 aliphatic heterocycles. The number of alkyl halides is 1. The molecule has 1 rings (SSSR count). The summed E-state index contributed by atoms with van der Waals surface area (Å²) in [7, 11) is 3.42. The summed E-state index contributed by atoms with van der Waals surface area (Å²) in [6, 6.07) is 5.94. The minimum absolute atomic E-state index is 0.689. The van der Waals surface area contributed by atoms with E-state index < -0.39 is 0 Å². The Hall–Kier alpha value is -0.290. The average Bonchev–Trinajstić information content (AvgIpc) is 2.39. The predicted octanol–water partition coefficient (Wildman–Crippen LogP) is 3.33. The fourth-order valence-corrected chi connectivity index (χ4v) is 2.37. The summed E-state index contributed by atoms with van der Waals surface area (Å²) in [4.78, 5) is 2.25. The van der Waals surface area contributed by atoms with E-state index in [4.69, 9.17) is 21.1 Å². The largest absolute Gasteiger partial charge is 0.383 e. The quantitative estimate of drug-likeness (QED) is 0.680. The second kappa shape index (κ2) is 8.75. The molecule has 0 radical (unpaired) electrons. The van der Waals surface area contributed by atoms with Crippen molar-refractivity contribution in [2.45, 2.75) is 5.33 Å². The zero-order chi connectivity index (χ0) is 13.4. The molecule has 0 unspecified atom stereocenters. The van der Waals surface area contributed by atoms with Crippen molar-refractivity contribution in [3.05, 3.63) is 28.8 Å². The van der Waals surface area contributed by atoms with Gasteiger partial charge in [-0.1, -0.05) is 27.5 Å². The molecular weight excluding hydrogens is 318 g/mol. The lowest BCUT2D eigenvalue weighted by atomic mass is 10.2. The Bertz CT molecular complexity index is 355. The van der Waals surface area contributed by atoms with Gasteiger partial charge in [-0.3, -0.25) is 0 Å². The Morgan fingerprint density at radius 2 is 1.78 bits per heavy atom. The fraction of sp³-hybridized carbons (Fsp3) is 0.538. The van der Waals surface area contributed by atoms with E-state index in [1.54, 1.807) is 14.2 Å². The van der Waals surface area contributed by atoms with Crippen LogP contribution in [0, 0.1) is 0 Å². The molecule has 0 atom stereocenters. The molecule has 18 heavy (non-hydrogen) atoms. The molecule has 1 aromatic rings. The fourth-order valence-electron chi connectivity index (χ4n) is 1.73. The highest BCUT2D eigenvalue weighted by Crippen LogP contribution is 2.26. The maximum atomic E-state index is 6.02. The molecule has 5 heteroatoms. The molecule has 0 aromatic heterocycles. The molecule has 102 valence electrons. The third kappa shape index (κ3) is 4.76. The first-order valence-corrected chi connectivity index (χ1v) is 7.30. The monoisotopic (exact) mass is 335 g/mol. The molecule has 3 nitrogen and oxygen atoms in total. The first kappa shape index (κ1) is 15.8. The molecule has 0 aliphatic rings. The van der Waals surface area contributed by atoms with Gasteiger partial charge in [-0.2, -0.15) is 0 Å². The lowest BCUT2D eigenvalue weighted by Crippen LogP contribution is -2.31. The molecule has 0 amide bonds. The summed E-state index contributed by atoms with van der Waals surface area (Å²) < 4.78 is 10.3. The number of ether oxygens (including phenoxy) is 2. The predicted molar refractivity (Wildman–Crippen MR) is 80.0 cm³/mol. The minimum atomic E-state index is 0.689. The maximum Gasteiger partial charge on any atom is 0.0637 e. The van der Waals surface area contributed by atoms with Crippen LogP contribution >= 0.6 is 27.5 Å². The maximum absolute atomic E-state index is 6.02. The van der Waals surface area contributed by atoms with Gasteiger partial charge in [0.1, 0.15) is 0 Å². The Morgan fingerprint density at radius 1 is 1.17 bits per heavy atom. The number of methoxy groups -OCH3 is 2. The van der Waals surface area contributed by atoms with Gasteiger partial charge in [-0.05, 0) is 23.8 Å². The van der Waals surface area contributed by atoms with Gasteiger partial charge in [0, 0.05) is 43.3 Å². The topological polar surface area (TPSA) is 21.7 Å². The van der Waals surface area contributed by atoms with Gasteiger partial charge in [0.2, 0.25) is 0 Å². The zero-order valence-electron chi connectivity index (χ0n) is 10.8. The van der Waals surface area contributed by atoms with Gasteiger partial charge in [0.25, 0.3) is 0 Å². The highest BCUT2D eigenvalue weighted by Gasteiger charge is 2.11. The smallest absolute Gasteiger partial charge is 0.0637 e. The van der Waals surface area contributed by atoms with Gasteiger partial charge in [0.05, 0.1) is 13.2 Å². The van der Waals surface area contributed by atoms with E-state index in [2.05, 4.69) is 20.8 Å². The van der Waals surface area contributed by atoms with Crippen molar-refractivity contribution in [2.24, 2.45) is 0 Å². The van der Waals surface area contributed by atoms with Crippen LogP contribution in [0.25, 0.3) is 0 Å². The van der Waals surface area contributed by atoms with Crippen LogP contribution in [0.1, 0.15) is 5.56 Å². The summed E-state index contributed by atoms with van der Waals surface area (Å²) in [6.45, 7) is 3.05. The number of benzene rings is 1. The first-order chi connectivity index (χ1) is 8.72. The lowest BCUT2D eigenvalue weighted by molar-refractivity contribution is 0.190. The number of nitrogens with zero attached hydrogens (tertiary/aromatic N) is 1. The highest BCUT2D eigenvalue weighted by atomic mass is 79.9. The van der Waals surface area contributed by atoms with Gasteiger partial charge in [-0.15, -0.1) is 0 Å².